The van der Waals surface area contributed by atoms with Crippen LogP contribution in [0.2, 0.25) is 0 Å². The molecule has 0 spiro atoms. The van der Waals surface area contributed by atoms with Crippen molar-refractivity contribution in [1.82, 2.24) is 0 Å². The van der Waals surface area contributed by atoms with E-state index in [-0.39, 0.29) is 12.7 Å². The Kier molecular flexibility index (Phi) is 1.19. The van der Waals surface area contributed by atoms with E-state index in [1.54, 1.807) is 0 Å². The molecule has 1 aliphatic rings. The number of nitrogens with two attached hydrogens (primary N) is 1. The molecule has 0 aromatic rings. The van der Waals surface area contributed by atoms with Gasteiger partial charge in [-0.15, -0.1) is 0 Å². The third-order valence-electron chi connectivity index (χ3n) is 1.04. The predicted octanol–water partition coefficient (Wildman–Crippen LogP) is -1.77. The minimum Gasteiger partial charge on any atom is -0.394 e. The van der Waals surface area contributed by atoms with Crippen molar-refractivity contribution in [3.8, 4) is 0 Å². The topological polar surface area (TPSA) is 75.9 Å². The molecule has 0 aromatic heterocycles. The first-order valence-corrected chi connectivity index (χ1v) is 2.31. The SMILES string of the molecule is NC(=O)[C@@H]1O[C@@H]1CO. The zero-order chi connectivity index (χ0) is 6.15. The van der Waals surface area contributed by atoms with Gasteiger partial charge in [-0.3, -0.25) is 4.79 Å². The van der Waals surface area contributed by atoms with Gasteiger partial charge in [-0.05, 0) is 0 Å². The van der Waals surface area contributed by atoms with Crippen molar-refractivity contribution in [2.75, 3.05) is 6.61 Å². The number of aliphatic hydroxyl groups excluding tert-OH is 1. The maximum atomic E-state index is 10.1. The van der Waals surface area contributed by atoms with Crippen molar-refractivity contribution >= 4 is 5.91 Å². The van der Waals surface area contributed by atoms with Crippen LogP contribution < -0.4 is 5.73 Å². The Labute approximate surface area is 46.2 Å². The van der Waals surface area contributed by atoms with Gasteiger partial charge in [0.05, 0.1) is 6.61 Å². The van der Waals surface area contributed by atoms with Crippen LogP contribution in [-0.2, 0) is 9.53 Å². The molecule has 0 saturated carbocycles. The number of hydrogen-bond donors (Lipinski definition) is 2. The Bertz CT molecular complexity index is 114. The largest absolute Gasteiger partial charge is 0.394 e. The van der Waals surface area contributed by atoms with Crippen molar-refractivity contribution in [1.29, 1.82) is 0 Å². The highest BCUT2D eigenvalue weighted by atomic mass is 16.6. The van der Waals surface area contributed by atoms with Crippen molar-refractivity contribution in [3.63, 3.8) is 0 Å². The van der Waals surface area contributed by atoms with Gasteiger partial charge in [-0.25, -0.2) is 0 Å². The number of primary amides is 1. The molecule has 1 rings (SSSR count). The smallest absolute Gasteiger partial charge is 0.249 e. The third-order valence-corrected chi connectivity index (χ3v) is 1.04. The van der Waals surface area contributed by atoms with E-state index in [9.17, 15) is 4.79 Å². The van der Waals surface area contributed by atoms with E-state index in [4.69, 9.17) is 10.8 Å². The second kappa shape index (κ2) is 1.72. The van der Waals surface area contributed by atoms with E-state index in [1.807, 2.05) is 0 Å². The summed E-state index contributed by atoms with van der Waals surface area (Å²) >= 11 is 0. The molecule has 8 heavy (non-hydrogen) atoms. The fraction of sp³-hybridized carbons (Fsp3) is 0.750. The standard InChI is InChI=1S/C4H7NO3/c5-4(7)3-2(1-6)8-3/h2-3,6H,1H2,(H2,5,7)/t2-,3-/m1/s1. The highest BCUT2D eigenvalue weighted by molar-refractivity contribution is 5.81. The molecule has 1 saturated heterocycles. The zero-order valence-corrected chi connectivity index (χ0v) is 4.20. The van der Waals surface area contributed by atoms with Gasteiger partial charge in [0.1, 0.15) is 6.10 Å². The predicted molar refractivity (Wildman–Crippen MR) is 24.9 cm³/mol. The van der Waals surface area contributed by atoms with Gasteiger partial charge in [0, 0.05) is 0 Å². The fourth-order valence-corrected chi connectivity index (χ4v) is 0.532. The Morgan fingerprint density at radius 1 is 1.88 bits per heavy atom. The van der Waals surface area contributed by atoms with Crippen LogP contribution in [0.5, 0.6) is 0 Å². The highest BCUT2D eigenvalue weighted by Gasteiger charge is 2.42. The summed E-state index contributed by atoms with van der Waals surface area (Å²) in [6.45, 7) is -0.117. The lowest BCUT2D eigenvalue weighted by Gasteiger charge is -1.79. The molecule has 0 aromatic carbocycles. The number of carbonyl (C=O) groups is 1. The van der Waals surface area contributed by atoms with Crippen molar-refractivity contribution in [2.45, 2.75) is 12.2 Å². The molecule has 4 heteroatoms. The van der Waals surface area contributed by atoms with Gasteiger partial charge in [0.2, 0.25) is 5.91 Å². The molecular weight excluding hydrogens is 110 g/mol. The van der Waals surface area contributed by atoms with Crippen LogP contribution in [0.3, 0.4) is 0 Å². The molecule has 0 radical (unpaired) electrons. The van der Waals surface area contributed by atoms with E-state index in [2.05, 4.69) is 4.74 Å². The van der Waals surface area contributed by atoms with Gasteiger partial charge in [-0.1, -0.05) is 0 Å². The fourth-order valence-electron chi connectivity index (χ4n) is 0.532. The van der Waals surface area contributed by atoms with Gasteiger partial charge in [0.25, 0.3) is 0 Å². The van der Waals surface area contributed by atoms with Crippen LogP contribution in [0, 0.1) is 0 Å². The molecule has 46 valence electrons. The molecule has 0 aliphatic carbocycles. The number of carbonyl (C=O) groups excluding carboxylic acids is 1. The lowest BCUT2D eigenvalue weighted by Crippen LogP contribution is -2.20. The lowest BCUT2D eigenvalue weighted by atomic mass is 10.3. The van der Waals surface area contributed by atoms with Crippen LogP contribution in [-0.4, -0.2) is 29.8 Å². The molecule has 1 amide bonds. The average molecular weight is 117 g/mol. The van der Waals surface area contributed by atoms with E-state index >= 15 is 0 Å². The second-order valence-electron chi connectivity index (χ2n) is 1.68. The lowest BCUT2D eigenvalue weighted by molar-refractivity contribution is -0.119. The molecule has 1 fully saturated rings. The molecule has 2 atom stereocenters. The molecule has 0 bridgehead atoms. The Balaban J connectivity index is 2.26. The first-order chi connectivity index (χ1) is 3.75. The molecule has 3 N–H and O–H groups in total. The minimum absolute atomic E-state index is 0.117. The normalized spacial score (nSPS) is 34.6. The van der Waals surface area contributed by atoms with E-state index < -0.39 is 12.0 Å². The Morgan fingerprint density at radius 3 is 2.62 bits per heavy atom. The summed E-state index contributed by atoms with van der Waals surface area (Å²) in [4.78, 5) is 10.1. The summed E-state index contributed by atoms with van der Waals surface area (Å²) in [6, 6.07) is 0. The molecular formula is C4H7NO3. The highest BCUT2D eigenvalue weighted by Crippen LogP contribution is 2.19. The first-order valence-electron chi connectivity index (χ1n) is 2.31. The number of hydrogen-bond acceptors (Lipinski definition) is 3. The molecule has 1 heterocycles. The third kappa shape index (κ3) is 0.801. The second-order valence-corrected chi connectivity index (χ2v) is 1.68. The summed E-state index contributed by atoms with van der Waals surface area (Å²) in [6.07, 6.45) is -0.854. The van der Waals surface area contributed by atoms with Crippen molar-refractivity contribution in [3.05, 3.63) is 0 Å². The monoisotopic (exact) mass is 117 g/mol. The summed E-state index contributed by atoms with van der Waals surface area (Å²) < 4.78 is 4.60. The first kappa shape index (κ1) is 5.53. The summed E-state index contributed by atoms with van der Waals surface area (Å²) in [5.41, 5.74) is 4.79. The zero-order valence-electron chi connectivity index (χ0n) is 4.20. The maximum Gasteiger partial charge on any atom is 0.249 e. The summed E-state index contributed by atoms with van der Waals surface area (Å²) in [7, 11) is 0. The van der Waals surface area contributed by atoms with Crippen LogP contribution >= 0.6 is 0 Å². The number of epoxide rings is 1. The average Bonchev–Trinajstić information content (AvgIpc) is 2.42. The molecule has 0 unspecified atom stereocenters. The van der Waals surface area contributed by atoms with Crippen LogP contribution in [0.15, 0.2) is 0 Å². The number of ether oxygens (including phenoxy) is 1. The van der Waals surface area contributed by atoms with Crippen molar-refractivity contribution in [2.24, 2.45) is 5.73 Å². The van der Waals surface area contributed by atoms with E-state index in [1.165, 1.54) is 0 Å². The summed E-state index contributed by atoms with van der Waals surface area (Å²) in [5.74, 6) is -0.496. The quantitative estimate of drug-likeness (QED) is 0.420. The van der Waals surface area contributed by atoms with E-state index in [0.29, 0.717) is 0 Å². The van der Waals surface area contributed by atoms with Crippen molar-refractivity contribution < 1.29 is 14.6 Å². The van der Waals surface area contributed by atoms with Gasteiger partial charge in [-0.2, -0.15) is 0 Å². The Morgan fingerprint density at radius 2 is 2.50 bits per heavy atom. The summed E-state index contributed by atoms with van der Waals surface area (Å²) in [5, 5.41) is 8.29. The minimum atomic E-state index is -0.528. The molecule has 4 nitrogen and oxygen atoms in total. The maximum absolute atomic E-state index is 10.1. The van der Waals surface area contributed by atoms with Crippen LogP contribution in [0.25, 0.3) is 0 Å². The number of aliphatic hydroxyl groups is 1. The van der Waals surface area contributed by atoms with Gasteiger partial charge in [0.15, 0.2) is 6.10 Å². The van der Waals surface area contributed by atoms with Crippen LogP contribution in [0.4, 0.5) is 0 Å². The van der Waals surface area contributed by atoms with Gasteiger partial charge < -0.3 is 15.6 Å². The number of amides is 1. The Hall–Kier alpha value is -0.610. The van der Waals surface area contributed by atoms with Crippen LogP contribution in [0.1, 0.15) is 0 Å². The molecule has 1 aliphatic heterocycles. The van der Waals surface area contributed by atoms with E-state index in [0.717, 1.165) is 0 Å². The number of rotatable bonds is 2. The van der Waals surface area contributed by atoms with Gasteiger partial charge >= 0.3 is 0 Å².